The Morgan fingerprint density at radius 1 is 1.17 bits per heavy atom. The predicted octanol–water partition coefficient (Wildman–Crippen LogP) is 2.97. The second-order valence-corrected chi connectivity index (χ2v) is 5.93. The molecule has 6 nitrogen and oxygen atoms in total. The molecular formula is C17H20N6. The fourth-order valence-electron chi connectivity index (χ4n) is 3.15. The van der Waals surface area contributed by atoms with Gasteiger partial charge in [-0.2, -0.15) is 0 Å². The van der Waals surface area contributed by atoms with E-state index in [0.717, 1.165) is 52.6 Å². The van der Waals surface area contributed by atoms with Crippen LogP contribution in [0.5, 0.6) is 0 Å². The number of nitrogens with zero attached hydrogens (tertiary/aromatic N) is 4. The zero-order chi connectivity index (χ0) is 15.8. The highest BCUT2D eigenvalue weighted by molar-refractivity contribution is 5.90. The molecule has 6 heteroatoms. The van der Waals surface area contributed by atoms with Crippen LogP contribution >= 0.6 is 0 Å². The van der Waals surface area contributed by atoms with Crippen molar-refractivity contribution >= 4 is 22.5 Å². The number of nitrogens with one attached hydrogen (secondary N) is 2. The van der Waals surface area contributed by atoms with Gasteiger partial charge in [-0.1, -0.05) is 0 Å². The lowest BCUT2D eigenvalue weighted by molar-refractivity contribution is 0.944. The number of aromatic amines is 1. The highest BCUT2D eigenvalue weighted by Gasteiger charge is 2.20. The van der Waals surface area contributed by atoms with Crippen molar-refractivity contribution in [3.63, 3.8) is 0 Å². The quantitative estimate of drug-likeness (QED) is 0.778. The number of hydrogen-bond acceptors (Lipinski definition) is 5. The van der Waals surface area contributed by atoms with Crippen LogP contribution in [0.2, 0.25) is 0 Å². The summed E-state index contributed by atoms with van der Waals surface area (Å²) in [7, 11) is 1.90. The molecule has 1 saturated heterocycles. The summed E-state index contributed by atoms with van der Waals surface area (Å²) < 4.78 is 0. The molecule has 0 unspecified atom stereocenters. The predicted molar refractivity (Wildman–Crippen MR) is 92.9 cm³/mol. The second kappa shape index (κ2) is 5.53. The summed E-state index contributed by atoms with van der Waals surface area (Å²) >= 11 is 0. The Morgan fingerprint density at radius 3 is 2.78 bits per heavy atom. The molecule has 23 heavy (non-hydrogen) atoms. The zero-order valence-corrected chi connectivity index (χ0v) is 13.4. The largest absolute Gasteiger partial charge is 0.387 e. The van der Waals surface area contributed by atoms with Gasteiger partial charge >= 0.3 is 0 Å². The Labute approximate surface area is 135 Å². The third-order valence-electron chi connectivity index (χ3n) is 4.45. The minimum Gasteiger partial charge on any atom is -0.387 e. The number of hydrogen-bond donors (Lipinski definition) is 2. The molecule has 2 N–H and O–H groups in total. The average Bonchev–Trinajstić information content (AvgIpc) is 3.25. The maximum absolute atomic E-state index is 4.94. The first-order valence-electron chi connectivity index (χ1n) is 8.00. The first kappa shape index (κ1) is 14.0. The van der Waals surface area contributed by atoms with Crippen molar-refractivity contribution in [3.8, 4) is 11.3 Å². The highest BCUT2D eigenvalue weighted by Crippen LogP contribution is 2.31. The van der Waals surface area contributed by atoms with Crippen molar-refractivity contribution in [3.05, 3.63) is 30.4 Å². The fraction of sp³-hybridized carbons (Fsp3) is 0.353. The smallest absolute Gasteiger partial charge is 0.157 e. The van der Waals surface area contributed by atoms with E-state index in [-0.39, 0.29) is 0 Å². The van der Waals surface area contributed by atoms with Gasteiger partial charge in [0.25, 0.3) is 0 Å². The molecule has 0 radical (unpaired) electrons. The minimum absolute atomic E-state index is 0.936. The van der Waals surface area contributed by atoms with Crippen LogP contribution in [0.25, 0.3) is 22.3 Å². The van der Waals surface area contributed by atoms with Crippen LogP contribution in [-0.2, 0) is 0 Å². The van der Waals surface area contributed by atoms with Crippen molar-refractivity contribution in [2.45, 2.75) is 19.8 Å². The lowest BCUT2D eigenvalue weighted by atomic mass is 10.1. The number of H-pyrrole nitrogens is 1. The van der Waals surface area contributed by atoms with Crippen LogP contribution in [0, 0.1) is 6.92 Å². The summed E-state index contributed by atoms with van der Waals surface area (Å²) in [5, 5.41) is 3.15. The Morgan fingerprint density at radius 2 is 2.00 bits per heavy atom. The molecule has 0 aliphatic carbocycles. The van der Waals surface area contributed by atoms with E-state index in [9.17, 15) is 0 Å². The summed E-state index contributed by atoms with van der Waals surface area (Å²) in [6, 6.07) is 4.16. The minimum atomic E-state index is 0.936. The Bertz CT molecular complexity index is 847. The number of aromatic nitrogens is 4. The SMILES string of the molecule is CNc1cnc(C)c(-c2cc3[nH]cnc3c(N3CCCC3)n2)c1. The molecule has 118 valence electrons. The summed E-state index contributed by atoms with van der Waals surface area (Å²) in [5.41, 5.74) is 5.92. The molecule has 1 fully saturated rings. The van der Waals surface area contributed by atoms with Crippen LogP contribution in [-0.4, -0.2) is 40.1 Å². The van der Waals surface area contributed by atoms with E-state index in [1.54, 1.807) is 6.33 Å². The van der Waals surface area contributed by atoms with Crippen molar-refractivity contribution < 1.29 is 0 Å². The maximum atomic E-state index is 4.94. The first-order valence-corrected chi connectivity index (χ1v) is 8.00. The summed E-state index contributed by atoms with van der Waals surface area (Å²) in [4.78, 5) is 19.4. The van der Waals surface area contributed by atoms with E-state index >= 15 is 0 Å². The van der Waals surface area contributed by atoms with Gasteiger partial charge in [0.05, 0.1) is 29.4 Å². The van der Waals surface area contributed by atoms with Crippen LogP contribution in [0.3, 0.4) is 0 Å². The molecule has 0 bridgehead atoms. The Kier molecular flexibility index (Phi) is 3.37. The molecule has 0 atom stereocenters. The summed E-state index contributed by atoms with van der Waals surface area (Å²) in [6.07, 6.45) is 6.01. The van der Waals surface area contributed by atoms with E-state index in [4.69, 9.17) is 4.98 Å². The normalized spacial score (nSPS) is 14.6. The number of imidazole rings is 1. The maximum Gasteiger partial charge on any atom is 0.157 e. The lowest BCUT2D eigenvalue weighted by Gasteiger charge is -2.18. The van der Waals surface area contributed by atoms with Crippen LogP contribution < -0.4 is 10.2 Å². The number of pyridine rings is 2. The van der Waals surface area contributed by atoms with Gasteiger partial charge in [-0.3, -0.25) is 4.98 Å². The molecular weight excluding hydrogens is 288 g/mol. The van der Waals surface area contributed by atoms with Crippen molar-refractivity contribution in [1.82, 2.24) is 19.9 Å². The molecule has 1 aliphatic rings. The lowest BCUT2D eigenvalue weighted by Crippen LogP contribution is -2.19. The molecule has 1 aliphatic heterocycles. The topological polar surface area (TPSA) is 69.7 Å². The van der Waals surface area contributed by atoms with Crippen molar-refractivity contribution in [2.24, 2.45) is 0 Å². The number of anilines is 2. The van der Waals surface area contributed by atoms with E-state index < -0.39 is 0 Å². The molecule has 0 amide bonds. The number of rotatable bonds is 3. The van der Waals surface area contributed by atoms with Crippen LogP contribution in [0.15, 0.2) is 24.7 Å². The Hall–Kier alpha value is -2.63. The number of aryl methyl sites for hydroxylation is 1. The highest BCUT2D eigenvalue weighted by atomic mass is 15.2. The van der Waals surface area contributed by atoms with Crippen molar-refractivity contribution in [2.75, 3.05) is 30.4 Å². The molecule has 0 saturated carbocycles. The third kappa shape index (κ3) is 2.40. The molecule has 0 aromatic carbocycles. The molecule has 3 aromatic rings. The summed E-state index contributed by atoms with van der Waals surface area (Å²) in [6.45, 7) is 4.11. The van der Waals surface area contributed by atoms with Crippen LogP contribution in [0.4, 0.5) is 11.5 Å². The van der Waals surface area contributed by atoms with Gasteiger partial charge in [0.1, 0.15) is 5.52 Å². The van der Waals surface area contributed by atoms with E-state index in [0.29, 0.717) is 0 Å². The second-order valence-electron chi connectivity index (χ2n) is 5.93. The van der Waals surface area contributed by atoms with E-state index in [1.807, 2.05) is 20.2 Å². The van der Waals surface area contributed by atoms with Gasteiger partial charge in [-0.15, -0.1) is 0 Å². The van der Waals surface area contributed by atoms with Gasteiger partial charge in [0.2, 0.25) is 0 Å². The van der Waals surface area contributed by atoms with E-state index in [2.05, 4.69) is 37.3 Å². The van der Waals surface area contributed by atoms with Gasteiger partial charge in [0.15, 0.2) is 5.82 Å². The molecule has 0 spiro atoms. The van der Waals surface area contributed by atoms with Crippen LogP contribution in [0.1, 0.15) is 18.5 Å². The molecule has 3 aromatic heterocycles. The fourth-order valence-corrected chi connectivity index (χ4v) is 3.15. The van der Waals surface area contributed by atoms with Gasteiger partial charge in [-0.05, 0) is 31.9 Å². The van der Waals surface area contributed by atoms with Gasteiger partial charge in [-0.25, -0.2) is 9.97 Å². The standard InChI is InChI=1S/C17H20N6/c1-11-13(7-12(18-2)9-19-11)14-8-15-16(21-10-20-15)17(22-14)23-5-3-4-6-23/h7-10,18H,3-6H2,1-2H3,(H,20,21). The Balaban J connectivity index is 1.90. The first-order chi connectivity index (χ1) is 11.3. The molecule has 4 heterocycles. The third-order valence-corrected chi connectivity index (χ3v) is 4.45. The monoisotopic (exact) mass is 308 g/mol. The average molecular weight is 308 g/mol. The molecule has 4 rings (SSSR count). The summed E-state index contributed by atoms with van der Waals surface area (Å²) in [5.74, 6) is 0.977. The van der Waals surface area contributed by atoms with E-state index in [1.165, 1.54) is 12.8 Å². The van der Waals surface area contributed by atoms with Crippen molar-refractivity contribution in [1.29, 1.82) is 0 Å². The number of fused-ring (bicyclic) bond motifs is 1. The van der Waals surface area contributed by atoms with Gasteiger partial charge < -0.3 is 15.2 Å². The zero-order valence-electron chi connectivity index (χ0n) is 13.4. The van der Waals surface area contributed by atoms with Gasteiger partial charge in [0, 0.05) is 31.4 Å².